The first kappa shape index (κ1) is 37.1. The minimum absolute atomic E-state index is 0.00884. The van der Waals surface area contributed by atoms with Gasteiger partial charge in [0.15, 0.2) is 0 Å². The summed E-state index contributed by atoms with van der Waals surface area (Å²) in [4.78, 5) is 29.4. The lowest BCUT2D eigenvalue weighted by Crippen LogP contribution is -2.48. The second kappa shape index (κ2) is 16.5. The molecule has 0 spiro atoms. The molecule has 10 nitrogen and oxygen atoms in total. The van der Waals surface area contributed by atoms with Gasteiger partial charge in [-0.3, -0.25) is 14.3 Å². The van der Waals surface area contributed by atoms with Gasteiger partial charge < -0.3 is 24.4 Å². The molecule has 0 aromatic heterocycles. The number of rotatable bonds is 9. The number of benzene rings is 2. The first-order valence-electron chi connectivity index (χ1n) is 15.3. The highest BCUT2D eigenvalue weighted by molar-refractivity contribution is 7.92. The summed E-state index contributed by atoms with van der Waals surface area (Å²) in [5.74, 6) is -1.36. The van der Waals surface area contributed by atoms with Gasteiger partial charge in [-0.15, -0.1) is 0 Å². The maximum Gasteiger partial charge on any atom is 0.389 e. The summed E-state index contributed by atoms with van der Waals surface area (Å²) >= 11 is 0. The molecule has 46 heavy (non-hydrogen) atoms. The number of aliphatic hydroxyl groups excluding tert-OH is 1. The van der Waals surface area contributed by atoms with Crippen LogP contribution >= 0.6 is 0 Å². The number of sulfonamides is 1. The highest BCUT2D eigenvalue weighted by atomic mass is 32.2. The molecule has 2 amide bonds. The first-order chi connectivity index (χ1) is 21.6. The van der Waals surface area contributed by atoms with Crippen LogP contribution < -0.4 is 9.46 Å². The zero-order chi connectivity index (χ0) is 34.1. The van der Waals surface area contributed by atoms with Gasteiger partial charge in [-0.05, 0) is 63.4 Å². The van der Waals surface area contributed by atoms with E-state index in [1.807, 2.05) is 6.92 Å². The number of aliphatic hydroxyl groups is 1. The van der Waals surface area contributed by atoms with Gasteiger partial charge in [0.25, 0.3) is 15.9 Å². The monoisotopic (exact) mass is 671 g/mol. The Hall–Kier alpha value is -3.36. The summed E-state index contributed by atoms with van der Waals surface area (Å²) in [6.45, 7) is 5.33. The lowest BCUT2D eigenvalue weighted by Gasteiger charge is -2.36. The molecule has 2 aromatic rings. The smallest absolute Gasteiger partial charge is 0.389 e. The van der Waals surface area contributed by atoms with Gasteiger partial charge in [-0.25, -0.2) is 8.42 Å². The minimum Gasteiger partial charge on any atom is -0.490 e. The number of nitrogens with zero attached hydrogens (tertiary/aromatic N) is 2. The molecule has 0 fully saturated rings. The predicted molar refractivity (Wildman–Crippen MR) is 167 cm³/mol. The Morgan fingerprint density at radius 2 is 1.85 bits per heavy atom. The summed E-state index contributed by atoms with van der Waals surface area (Å²) in [5, 5.41) is 10.1. The first-order valence-corrected chi connectivity index (χ1v) is 16.8. The van der Waals surface area contributed by atoms with E-state index in [-0.39, 0.29) is 47.7 Å². The zero-order valence-corrected chi connectivity index (χ0v) is 27.4. The third kappa shape index (κ3) is 10.9. The second-order valence-electron chi connectivity index (χ2n) is 11.8. The minimum atomic E-state index is -4.45. The normalized spacial score (nSPS) is 21.0. The fourth-order valence-electron chi connectivity index (χ4n) is 5.07. The molecule has 0 bridgehead atoms. The van der Waals surface area contributed by atoms with Crippen LogP contribution in [0.15, 0.2) is 53.4 Å². The van der Waals surface area contributed by atoms with Crippen molar-refractivity contribution in [1.29, 1.82) is 0 Å². The average Bonchev–Trinajstić information content (AvgIpc) is 3.01. The number of anilines is 1. The number of likely N-dealkylation sites (N-methyl/N-ethyl adjacent to an activating group) is 1. The van der Waals surface area contributed by atoms with Crippen molar-refractivity contribution in [3.8, 4) is 5.75 Å². The standard InChI is InChI=1S/C32H44F3N3O7S/c1-22-19-38(23(2)21-39)31(41)27-18-25(36-46(42,43)26-11-6-5-7-12-26)13-14-28(27)45-24(3)10-8-9-17-44-29(22)20-37(4)30(40)15-16-32(33,34)35/h5-7,11-14,18,22-24,29,36,39H,8-10,15-17,19-21H2,1-4H3/t22-,23+,24-,29+/m0/s1. The van der Waals surface area contributed by atoms with Crippen LogP contribution in [0.2, 0.25) is 0 Å². The van der Waals surface area contributed by atoms with E-state index in [1.165, 1.54) is 47.2 Å². The number of carbonyl (C=O) groups is 2. The Balaban J connectivity index is 1.95. The number of fused-ring (bicyclic) bond motifs is 1. The topological polar surface area (TPSA) is 125 Å². The van der Waals surface area contributed by atoms with E-state index in [0.29, 0.717) is 25.9 Å². The Kier molecular flexibility index (Phi) is 13.3. The average molecular weight is 672 g/mol. The quantitative estimate of drug-likeness (QED) is 0.381. The number of carbonyl (C=O) groups excluding carboxylic acids is 2. The van der Waals surface area contributed by atoms with Crippen LogP contribution in [0.3, 0.4) is 0 Å². The Bertz CT molecular complexity index is 1410. The van der Waals surface area contributed by atoms with Crippen LogP contribution in [0.1, 0.15) is 63.2 Å². The van der Waals surface area contributed by atoms with E-state index in [4.69, 9.17) is 9.47 Å². The number of nitrogens with one attached hydrogen (secondary N) is 1. The largest absolute Gasteiger partial charge is 0.490 e. The van der Waals surface area contributed by atoms with Crippen LogP contribution in [-0.4, -0.2) is 92.9 Å². The molecule has 2 aromatic carbocycles. The number of amides is 2. The Morgan fingerprint density at radius 1 is 1.15 bits per heavy atom. The second-order valence-corrected chi connectivity index (χ2v) is 13.5. The molecule has 3 rings (SSSR count). The van der Waals surface area contributed by atoms with Crippen LogP contribution in [-0.2, 0) is 19.6 Å². The maximum atomic E-state index is 14.2. The molecule has 256 valence electrons. The van der Waals surface area contributed by atoms with Crippen molar-refractivity contribution in [1.82, 2.24) is 9.80 Å². The number of hydrogen-bond donors (Lipinski definition) is 2. The van der Waals surface area contributed by atoms with E-state index < -0.39 is 58.9 Å². The van der Waals surface area contributed by atoms with E-state index in [2.05, 4.69) is 4.72 Å². The number of alkyl halides is 3. The van der Waals surface area contributed by atoms with Crippen LogP contribution in [0.4, 0.5) is 18.9 Å². The lowest BCUT2D eigenvalue weighted by atomic mass is 10.0. The third-order valence-corrected chi connectivity index (χ3v) is 9.26. The van der Waals surface area contributed by atoms with Gasteiger partial charge in [0.05, 0.1) is 41.7 Å². The van der Waals surface area contributed by atoms with Crippen LogP contribution in [0.5, 0.6) is 5.75 Å². The molecule has 0 aliphatic carbocycles. The molecule has 0 saturated carbocycles. The summed E-state index contributed by atoms with van der Waals surface area (Å²) in [7, 11) is -2.54. The highest BCUT2D eigenvalue weighted by Gasteiger charge is 2.32. The van der Waals surface area contributed by atoms with Crippen molar-refractivity contribution >= 4 is 27.5 Å². The third-order valence-electron chi connectivity index (χ3n) is 7.86. The van der Waals surface area contributed by atoms with Crippen LogP contribution in [0, 0.1) is 5.92 Å². The molecule has 4 atom stereocenters. The fourth-order valence-corrected chi connectivity index (χ4v) is 6.14. The van der Waals surface area contributed by atoms with Gasteiger partial charge in [-0.1, -0.05) is 25.1 Å². The van der Waals surface area contributed by atoms with Crippen molar-refractivity contribution in [2.24, 2.45) is 5.92 Å². The van der Waals surface area contributed by atoms with Crippen LogP contribution in [0.25, 0.3) is 0 Å². The predicted octanol–water partition coefficient (Wildman–Crippen LogP) is 5.08. The molecule has 0 radical (unpaired) electrons. The molecular weight excluding hydrogens is 627 g/mol. The van der Waals surface area contributed by atoms with E-state index >= 15 is 0 Å². The van der Waals surface area contributed by atoms with E-state index in [1.54, 1.807) is 32.0 Å². The lowest BCUT2D eigenvalue weighted by molar-refractivity contribution is -0.149. The molecular formula is C32H44F3N3O7S. The summed E-state index contributed by atoms with van der Waals surface area (Å²) in [6.07, 6.45) is -5.30. The number of halogens is 3. The summed E-state index contributed by atoms with van der Waals surface area (Å²) in [6, 6.07) is 11.6. The number of hydrogen-bond acceptors (Lipinski definition) is 7. The van der Waals surface area contributed by atoms with Gasteiger partial charge in [0, 0.05) is 44.8 Å². The zero-order valence-electron chi connectivity index (χ0n) is 26.6. The molecule has 14 heteroatoms. The van der Waals surface area contributed by atoms with Crippen molar-refractivity contribution in [3.05, 3.63) is 54.1 Å². The SMILES string of the molecule is C[C@H](CO)N1C[C@H](C)[C@@H](CN(C)C(=O)CCC(F)(F)F)OCCCC[C@H](C)Oc2ccc(NS(=O)(=O)c3ccccc3)cc2C1=O. The van der Waals surface area contributed by atoms with Crippen molar-refractivity contribution < 1.29 is 45.8 Å². The Morgan fingerprint density at radius 3 is 2.50 bits per heavy atom. The molecule has 0 saturated heterocycles. The molecule has 1 aliphatic heterocycles. The molecule has 1 heterocycles. The van der Waals surface area contributed by atoms with Crippen molar-refractivity contribution in [3.63, 3.8) is 0 Å². The van der Waals surface area contributed by atoms with Gasteiger partial charge in [0.1, 0.15) is 5.75 Å². The fraction of sp³-hybridized carbons (Fsp3) is 0.562. The number of ether oxygens (including phenoxy) is 2. The van der Waals surface area contributed by atoms with Crippen molar-refractivity contribution in [2.45, 2.75) is 82.2 Å². The van der Waals surface area contributed by atoms with Gasteiger partial charge >= 0.3 is 6.18 Å². The molecule has 2 N–H and O–H groups in total. The van der Waals surface area contributed by atoms with E-state index in [9.17, 15) is 36.3 Å². The summed E-state index contributed by atoms with van der Waals surface area (Å²) in [5.41, 5.74) is 0.222. The van der Waals surface area contributed by atoms with Crippen molar-refractivity contribution in [2.75, 3.05) is 38.1 Å². The highest BCUT2D eigenvalue weighted by Crippen LogP contribution is 2.30. The van der Waals surface area contributed by atoms with Gasteiger partial charge in [-0.2, -0.15) is 13.2 Å². The Labute approximate surface area is 268 Å². The molecule has 1 aliphatic rings. The van der Waals surface area contributed by atoms with Gasteiger partial charge in [0.2, 0.25) is 5.91 Å². The molecule has 0 unspecified atom stereocenters. The maximum absolute atomic E-state index is 14.2. The summed E-state index contributed by atoms with van der Waals surface area (Å²) < 4.78 is 79.1. The van der Waals surface area contributed by atoms with E-state index in [0.717, 1.165) is 0 Å².